The summed E-state index contributed by atoms with van der Waals surface area (Å²) in [6.45, 7) is 0.334. The Bertz CT molecular complexity index is 320. The average molecular weight is 268 g/mol. The third-order valence-corrected chi connectivity index (χ3v) is 2.38. The minimum absolute atomic E-state index is 0.0531. The molecule has 5 nitrogen and oxygen atoms in total. The minimum atomic E-state index is -4.34. The van der Waals surface area contributed by atoms with Gasteiger partial charge in [-0.2, -0.15) is 13.2 Å². The van der Waals surface area contributed by atoms with Crippen LogP contribution in [0.15, 0.2) is 0 Å². The molecule has 0 saturated carbocycles. The van der Waals surface area contributed by atoms with Gasteiger partial charge in [-0.25, -0.2) is 0 Å². The molecular formula is C10H15F3N2O3. The van der Waals surface area contributed by atoms with Gasteiger partial charge in [0.15, 0.2) is 0 Å². The first-order chi connectivity index (χ1) is 8.29. The van der Waals surface area contributed by atoms with Gasteiger partial charge in [0, 0.05) is 13.2 Å². The maximum absolute atomic E-state index is 11.8. The fourth-order valence-corrected chi connectivity index (χ4v) is 1.61. The van der Waals surface area contributed by atoms with Gasteiger partial charge in [-0.1, -0.05) is 0 Å². The van der Waals surface area contributed by atoms with Crippen LogP contribution in [-0.4, -0.2) is 55.2 Å². The molecule has 0 aromatic rings. The third-order valence-electron chi connectivity index (χ3n) is 2.38. The molecule has 1 atom stereocenters. The summed E-state index contributed by atoms with van der Waals surface area (Å²) in [7, 11) is 0. The van der Waals surface area contributed by atoms with Gasteiger partial charge < -0.3 is 15.0 Å². The molecule has 1 saturated heterocycles. The number of carbonyl (C=O) groups is 2. The Labute approximate surface area is 102 Å². The first kappa shape index (κ1) is 14.7. The van der Waals surface area contributed by atoms with E-state index in [2.05, 4.69) is 10.1 Å². The molecule has 0 aliphatic carbocycles. The Morgan fingerprint density at radius 2 is 2.11 bits per heavy atom. The normalized spacial score (nSPS) is 21.1. The van der Waals surface area contributed by atoms with E-state index >= 15 is 0 Å². The third kappa shape index (κ3) is 4.91. The minimum Gasteiger partial charge on any atom is -0.372 e. The Hall–Kier alpha value is -1.31. The Morgan fingerprint density at radius 3 is 2.72 bits per heavy atom. The predicted octanol–water partition coefficient (Wildman–Crippen LogP) is 0.302. The Kier molecular flexibility index (Phi) is 4.94. The summed E-state index contributed by atoms with van der Waals surface area (Å²) in [5.74, 6) is -0.497. The summed E-state index contributed by atoms with van der Waals surface area (Å²) >= 11 is 0. The number of piperazine rings is 1. The first-order valence-corrected chi connectivity index (χ1v) is 5.52. The van der Waals surface area contributed by atoms with Crippen molar-refractivity contribution in [2.45, 2.75) is 25.6 Å². The molecule has 2 amide bonds. The molecule has 18 heavy (non-hydrogen) atoms. The fraction of sp³-hybridized carbons (Fsp3) is 0.800. The monoisotopic (exact) mass is 268 g/mol. The van der Waals surface area contributed by atoms with Gasteiger partial charge in [-0.05, 0) is 13.3 Å². The van der Waals surface area contributed by atoms with E-state index in [4.69, 9.17) is 0 Å². The number of ether oxygens (including phenoxy) is 1. The van der Waals surface area contributed by atoms with Crippen molar-refractivity contribution in [3.63, 3.8) is 0 Å². The number of halogens is 3. The molecule has 0 aromatic heterocycles. The molecule has 8 heteroatoms. The first-order valence-electron chi connectivity index (χ1n) is 5.52. The maximum atomic E-state index is 11.8. The number of alkyl halides is 3. The summed E-state index contributed by atoms with van der Waals surface area (Å²) < 4.78 is 39.7. The molecule has 0 radical (unpaired) electrons. The maximum Gasteiger partial charge on any atom is 0.411 e. The van der Waals surface area contributed by atoms with Gasteiger partial charge in [-0.3, -0.25) is 9.59 Å². The summed E-state index contributed by atoms with van der Waals surface area (Å²) in [5.41, 5.74) is 0. The van der Waals surface area contributed by atoms with Crippen molar-refractivity contribution >= 4 is 11.8 Å². The zero-order chi connectivity index (χ0) is 13.8. The van der Waals surface area contributed by atoms with E-state index in [0.717, 1.165) is 0 Å². The van der Waals surface area contributed by atoms with Crippen LogP contribution in [0.5, 0.6) is 0 Å². The molecule has 1 aliphatic rings. The smallest absolute Gasteiger partial charge is 0.372 e. The molecule has 1 N–H and O–H groups in total. The molecular weight excluding hydrogens is 253 g/mol. The second-order valence-corrected chi connectivity index (χ2v) is 4.07. The average Bonchev–Trinajstić information content (AvgIpc) is 2.22. The number of nitrogens with one attached hydrogen (secondary N) is 1. The van der Waals surface area contributed by atoms with Crippen molar-refractivity contribution in [2.24, 2.45) is 0 Å². The van der Waals surface area contributed by atoms with E-state index < -0.39 is 18.8 Å². The lowest BCUT2D eigenvalue weighted by Crippen LogP contribution is -2.56. The second kappa shape index (κ2) is 6.03. The molecule has 1 unspecified atom stereocenters. The van der Waals surface area contributed by atoms with Gasteiger partial charge in [0.05, 0.1) is 6.54 Å². The Balaban J connectivity index is 2.22. The van der Waals surface area contributed by atoms with E-state index in [0.29, 0.717) is 0 Å². The highest BCUT2D eigenvalue weighted by atomic mass is 19.4. The standard InChI is InChI=1S/C10H15F3N2O3/c1-7-9(17)15(5-8(16)14-7)3-2-4-18-6-10(11,12)13/h7H,2-6H2,1H3,(H,14,16). The lowest BCUT2D eigenvalue weighted by molar-refractivity contribution is -0.174. The highest BCUT2D eigenvalue weighted by molar-refractivity contribution is 5.94. The van der Waals surface area contributed by atoms with E-state index in [1.54, 1.807) is 6.92 Å². The van der Waals surface area contributed by atoms with Gasteiger partial charge in [-0.15, -0.1) is 0 Å². The number of nitrogens with zero attached hydrogens (tertiary/aromatic N) is 1. The highest BCUT2D eigenvalue weighted by Gasteiger charge is 2.29. The van der Waals surface area contributed by atoms with Crippen molar-refractivity contribution < 1.29 is 27.5 Å². The molecule has 0 bridgehead atoms. The number of hydrogen-bond acceptors (Lipinski definition) is 3. The van der Waals surface area contributed by atoms with Crippen LogP contribution in [-0.2, 0) is 14.3 Å². The highest BCUT2D eigenvalue weighted by Crippen LogP contribution is 2.14. The fourth-order valence-electron chi connectivity index (χ4n) is 1.61. The number of carbonyl (C=O) groups excluding carboxylic acids is 2. The lowest BCUT2D eigenvalue weighted by Gasteiger charge is -2.30. The summed E-state index contributed by atoms with van der Waals surface area (Å²) in [4.78, 5) is 24.1. The van der Waals surface area contributed by atoms with Crippen molar-refractivity contribution in [2.75, 3.05) is 26.3 Å². The summed E-state index contributed by atoms with van der Waals surface area (Å²) in [6, 6.07) is -0.581. The van der Waals surface area contributed by atoms with Crippen molar-refractivity contribution in [1.82, 2.24) is 10.2 Å². The van der Waals surface area contributed by atoms with Gasteiger partial charge in [0.25, 0.3) is 0 Å². The largest absolute Gasteiger partial charge is 0.411 e. The van der Waals surface area contributed by atoms with Crippen LogP contribution in [0.4, 0.5) is 13.2 Å². The molecule has 104 valence electrons. The van der Waals surface area contributed by atoms with E-state index in [9.17, 15) is 22.8 Å². The van der Waals surface area contributed by atoms with Crippen molar-refractivity contribution in [3.8, 4) is 0 Å². The zero-order valence-electron chi connectivity index (χ0n) is 9.92. The van der Waals surface area contributed by atoms with Crippen LogP contribution in [0.3, 0.4) is 0 Å². The van der Waals surface area contributed by atoms with Crippen molar-refractivity contribution in [3.05, 3.63) is 0 Å². The molecule has 1 heterocycles. The van der Waals surface area contributed by atoms with Crippen LogP contribution in [0, 0.1) is 0 Å². The van der Waals surface area contributed by atoms with Gasteiger partial charge in [0.2, 0.25) is 11.8 Å². The molecule has 0 spiro atoms. The molecule has 1 fully saturated rings. The number of hydrogen-bond donors (Lipinski definition) is 1. The van der Waals surface area contributed by atoms with Crippen LogP contribution in [0.25, 0.3) is 0 Å². The van der Waals surface area contributed by atoms with E-state index in [-0.39, 0.29) is 37.9 Å². The van der Waals surface area contributed by atoms with E-state index in [1.165, 1.54) is 4.90 Å². The number of rotatable bonds is 5. The second-order valence-electron chi connectivity index (χ2n) is 4.07. The van der Waals surface area contributed by atoms with Crippen LogP contribution in [0.2, 0.25) is 0 Å². The number of amides is 2. The predicted molar refractivity (Wildman–Crippen MR) is 55.7 cm³/mol. The Morgan fingerprint density at radius 1 is 1.44 bits per heavy atom. The van der Waals surface area contributed by atoms with Crippen molar-refractivity contribution in [1.29, 1.82) is 0 Å². The molecule has 1 rings (SSSR count). The summed E-state index contributed by atoms with van der Waals surface area (Å²) in [6.07, 6.45) is -4.07. The van der Waals surface area contributed by atoms with Crippen LogP contribution < -0.4 is 5.32 Å². The SMILES string of the molecule is CC1NC(=O)CN(CCCOCC(F)(F)F)C1=O. The van der Waals surface area contributed by atoms with Gasteiger partial charge >= 0.3 is 6.18 Å². The van der Waals surface area contributed by atoms with Crippen LogP contribution >= 0.6 is 0 Å². The quantitative estimate of drug-likeness (QED) is 0.730. The van der Waals surface area contributed by atoms with E-state index in [1.807, 2.05) is 0 Å². The topological polar surface area (TPSA) is 58.6 Å². The molecule has 1 aliphatic heterocycles. The van der Waals surface area contributed by atoms with Gasteiger partial charge in [0.1, 0.15) is 12.6 Å². The lowest BCUT2D eigenvalue weighted by atomic mass is 10.2. The zero-order valence-corrected chi connectivity index (χ0v) is 9.92. The van der Waals surface area contributed by atoms with Crippen LogP contribution in [0.1, 0.15) is 13.3 Å². The summed E-state index contributed by atoms with van der Waals surface area (Å²) in [5, 5.41) is 2.47. The molecule has 0 aromatic carbocycles.